The van der Waals surface area contributed by atoms with Crippen LogP contribution >= 0.6 is 0 Å². The average molecular weight is 496 g/mol. The van der Waals surface area contributed by atoms with Gasteiger partial charge in [-0.25, -0.2) is 19.2 Å². The van der Waals surface area contributed by atoms with E-state index in [1.807, 2.05) is 67.3 Å². The Morgan fingerprint density at radius 1 is 0.892 bits per heavy atom. The molecular formula is C30H30FN5O. The molecule has 0 saturated carbocycles. The number of carbonyl (C=O) groups is 1. The molecule has 0 radical (unpaired) electrons. The fourth-order valence-electron chi connectivity index (χ4n) is 4.63. The Morgan fingerprint density at radius 3 is 2.35 bits per heavy atom. The van der Waals surface area contributed by atoms with Crippen molar-refractivity contribution in [2.75, 3.05) is 36.4 Å². The summed E-state index contributed by atoms with van der Waals surface area (Å²) >= 11 is 0. The quantitative estimate of drug-likeness (QED) is 0.378. The van der Waals surface area contributed by atoms with Gasteiger partial charge in [-0.3, -0.25) is 0 Å². The predicted molar refractivity (Wildman–Crippen MR) is 145 cm³/mol. The van der Waals surface area contributed by atoms with Crippen LogP contribution in [0.2, 0.25) is 0 Å². The lowest BCUT2D eigenvalue weighted by Crippen LogP contribution is -2.50. The molecule has 0 atom stereocenters. The number of halogens is 1. The van der Waals surface area contributed by atoms with Crippen LogP contribution in [0.1, 0.15) is 22.4 Å². The lowest BCUT2D eigenvalue weighted by molar-refractivity contribution is 0.208. The largest absolute Gasteiger partial charge is 0.353 e. The first-order valence-electron chi connectivity index (χ1n) is 12.5. The second-order valence-electron chi connectivity index (χ2n) is 9.33. The van der Waals surface area contributed by atoms with Crippen molar-refractivity contribution < 1.29 is 9.18 Å². The van der Waals surface area contributed by atoms with Gasteiger partial charge in [0.1, 0.15) is 11.6 Å². The number of rotatable bonds is 5. The molecule has 1 saturated heterocycles. The van der Waals surface area contributed by atoms with Gasteiger partial charge >= 0.3 is 6.03 Å². The molecule has 2 heterocycles. The van der Waals surface area contributed by atoms with Gasteiger partial charge in [0.05, 0.1) is 0 Å². The maximum Gasteiger partial charge on any atom is 0.321 e. The summed E-state index contributed by atoms with van der Waals surface area (Å²) in [5.41, 5.74) is 5.58. The number of amides is 2. The summed E-state index contributed by atoms with van der Waals surface area (Å²) in [6.07, 6.45) is 0.694. The number of carbonyl (C=O) groups excluding carboxylic acids is 1. The summed E-state index contributed by atoms with van der Waals surface area (Å²) in [7, 11) is 0. The minimum atomic E-state index is -0.318. The van der Waals surface area contributed by atoms with Crippen molar-refractivity contribution in [2.24, 2.45) is 0 Å². The Bertz CT molecular complexity index is 1400. The second kappa shape index (κ2) is 10.8. The van der Waals surface area contributed by atoms with Crippen LogP contribution in [0.5, 0.6) is 0 Å². The highest BCUT2D eigenvalue weighted by Crippen LogP contribution is 2.29. The molecule has 188 valence electrons. The molecule has 0 unspecified atom stereocenters. The molecule has 1 aliphatic heterocycles. The van der Waals surface area contributed by atoms with Gasteiger partial charge in [-0.1, -0.05) is 60.7 Å². The van der Waals surface area contributed by atoms with Crippen LogP contribution in [-0.4, -0.2) is 47.1 Å². The number of aryl methyl sites for hydroxylation is 2. The summed E-state index contributed by atoms with van der Waals surface area (Å²) in [4.78, 5) is 26.7. The Hall–Kier alpha value is -4.26. The summed E-state index contributed by atoms with van der Waals surface area (Å²) in [6, 6.07) is 24.3. The van der Waals surface area contributed by atoms with E-state index in [2.05, 4.69) is 22.3 Å². The number of benzene rings is 3. The van der Waals surface area contributed by atoms with E-state index in [0.717, 1.165) is 28.3 Å². The number of nitrogens with zero attached hydrogens (tertiary/aromatic N) is 4. The van der Waals surface area contributed by atoms with Gasteiger partial charge in [0.2, 0.25) is 0 Å². The fraction of sp³-hybridized carbons (Fsp3) is 0.233. The van der Waals surface area contributed by atoms with E-state index >= 15 is 0 Å². The van der Waals surface area contributed by atoms with E-state index in [1.165, 1.54) is 17.7 Å². The molecule has 1 fully saturated rings. The number of hydrogen-bond donors (Lipinski definition) is 1. The van der Waals surface area contributed by atoms with Gasteiger partial charge in [0.15, 0.2) is 5.82 Å². The standard InChI is InChI=1S/C30H30FN5O/c1-21-9-6-7-14-27(21)33-30(37)36-17-15-35(16-18-36)29-26(19-23-10-4-3-5-11-23)22(2)32-28(34-29)24-12-8-13-25(31)20-24/h3-14,20H,15-19H2,1-2H3,(H,33,37). The first-order valence-corrected chi connectivity index (χ1v) is 12.5. The SMILES string of the molecule is Cc1ccccc1NC(=O)N1CCN(c2nc(-c3cccc(F)c3)nc(C)c2Cc2ccccc2)CC1. The van der Waals surface area contributed by atoms with Gasteiger partial charge in [-0.05, 0) is 43.2 Å². The number of nitrogens with one attached hydrogen (secondary N) is 1. The Labute approximate surface area is 216 Å². The van der Waals surface area contributed by atoms with Gasteiger partial charge in [-0.15, -0.1) is 0 Å². The zero-order valence-corrected chi connectivity index (χ0v) is 21.1. The Morgan fingerprint density at radius 2 is 1.62 bits per heavy atom. The molecule has 5 rings (SSSR count). The molecule has 6 nitrogen and oxygen atoms in total. The number of anilines is 2. The van der Waals surface area contributed by atoms with Crippen molar-refractivity contribution >= 4 is 17.5 Å². The third-order valence-corrected chi connectivity index (χ3v) is 6.75. The molecule has 0 bridgehead atoms. The van der Waals surface area contributed by atoms with E-state index < -0.39 is 0 Å². The first kappa shape index (κ1) is 24.4. The Kier molecular flexibility index (Phi) is 7.12. The summed E-state index contributed by atoms with van der Waals surface area (Å²) in [5, 5.41) is 3.03. The first-order chi connectivity index (χ1) is 18.0. The molecule has 2 amide bonds. The molecule has 1 N–H and O–H groups in total. The van der Waals surface area contributed by atoms with Crippen molar-refractivity contribution in [3.8, 4) is 11.4 Å². The molecule has 37 heavy (non-hydrogen) atoms. The van der Waals surface area contributed by atoms with Gasteiger partial charge < -0.3 is 15.1 Å². The number of urea groups is 1. The maximum absolute atomic E-state index is 14.0. The van der Waals surface area contributed by atoms with E-state index in [4.69, 9.17) is 9.97 Å². The highest BCUT2D eigenvalue weighted by molar-refractivity contribution is 5.90. The minimum Gasteiger partial charge on any atom is -0.353 e. The number of hydrogen-bond acceptors (Lipinski definition) is 4. The molecule has 0 spiro atoms. The monoisotopic (exact) mass is 495 g/mol. The number of aromatic nitrogens is 2. The summed E-state index contributed by atoms with van der Waals surface area (Å²) < 4.78 is 14.0. The van der Waals surface area contributed by atoms with Crippen LogP contribution in [-0.2, 0) is 6.42 Å². The average Bonchev–Trinajstić information content (AvgIpc) is 2.91. The van der Waals surface area contributed by atoms with Crippen LogP contribution in [0.3, 0.4) is 0 Å². The van der Waals surface area contributed by atoms with E-state index in [9.17, 15) is 9.18 Å². The van der Waals surface area contributed by atoms with Gasteiger partial charge in [-0.2, -0.15) is 0 Å². The minimum absolute atomic E-state index is 0.0993. The van der Waals surface area contributed by atoms with Crippen LogP contribution < -0.4 is 10.2 Å². The zero-order chi connectivity index (χ0) is 25.8. The highest BCUT2D eigenvalue weighted by atomic mass is 19.1. The molecule has 7 heteroatoms. The van der Waals surface area contributed by atoms with E-state index in [0.29, 0.717) is 44.0 Å². The molecule has 1 aromatic heterocycles. The smallest absolute Gasteiger partial charge is 0.321 e. The van der Waals surface area contributed by atoms with Crippen LogP contribution in [0.4, 0.5) is 20.7 Å². The van der Waals surface area contributed by atoms with Crippen molar-refractivity contribution in [2.45, 2.75) is 20.3 Å². The molecular weight excluding hydrogens is 465 g/mol. The molecule has 4 aromatic rings. The second-order valence-corrected chi connectivity index (χ2v) is 9.33. The van der Waals surface area contributed by atoms with Crippen molar-refractivity contribution in [3.05, 3.63) is 107 Å². The van der Waals surface area contributed by atoms with Gasteiger partial charge in [0, 0.05) is 55.1 Å². The predicted octanol–water partition coefficient (Wildman–Crippen LogP) is 5.84. The van der Waals surface area contributed by atoms with Crippen molar-refractivity contribution in [3.63, 3.8) is 0 Å². The Balaban J connectivity index is 1.40. The van der Waals surface area contributed by atoms with E-state index in [1.54, 1.807) is 6.07 Å². The zero-order valence-electron chi connectivity index (χ0n) is 21.1. The van der Waals surface area contributed by atoms with Crippen molar-refractivity contribution in [1.82, 2.24) is 14.9 Å². The van der Waals surface area contributed by atoms with Gasteiger partial charge in [0.25, 0.3) is 0 Å². The molecule has 0 aliphatic carbocycles. The number of piperazine rings is 1. The molecule has 1 aliphatic rings. The molecule has 3 aromatic carbocycles. The lowest BCUT2D eigenvalue weighted by atomic mass is 10.0. The van der Waals surface area contributed by atoms with Crippen LogP contribution in [0.25, 0.3) is 11.4 Å². The third kappa shape index (κ3) is 5.61. The van der Waals surface area contributed by atoms with Crippen molar-refractivity contribution in [1.29, 1.82) is 0 Å². The van der Waals surface area contributed by atoms with Crippen LogP contribution in [0.15, 0.2) is 78.9 Å². The van der Waals surface area contributed by atoms with Crippen LogP contribution in [0, 0.1) is 19.7 Å². The maximum atomic E-state index is 14.0. The summed E-state index contributed by atoms with van der Waals surface area (Å²) in [6.45, 7) is 6.39. The van der Waals surface area contributed by atoms with E-state index in [-0.39, 0.29) is 11.8 Å². The topological polar surface area (TPSA) is 61.4 Å². The third-order valence-electron chi connectivity index (χ3n) is 6.75. The highest BCUT2D eigenvalue weighted by Gasteiger charge is 2.25. The number of para-hydroxylation sites is 1. The normalized spacial score (nSPS) is 13.5. The summed E-state index contributed by atoms with van der Waals surface area (Å²) in [5.74, 6) is 1.03. The lowest BCUT2D eigenvalue weighted by Gasteiger charge is -2.36. The fourth-order valence-corrected chi connectivity index (χ4v) is 4.63.